The van der Waals surface area contributed by atoms with E-state index in [1.165, 1.54) is 0 Å². The maximum Gasteiger partial charge on any atom is 0.322 e. The van der Waals surface area contributed by atoms with Crippen molar-refractivity contribution in [3.63, 3.8) is 0 Å². The van der Waals surface area contributed by atoms with Crippen LogP contribution in [0.25, 0.3) is 0 Å². The Balaban J connectivity index is 1.98. The molecule has 0 unspecified atom stereocenters. The first kappa shape index (κ1) is 17.3. The molecule has 0 radical (unpaired) electrons. The second kappa shape index (κ2) is 7.02. The average Bonchev–Trinajstić information content (AvgIpc) is 2.85. The molecule has 3 amide bonds. The molecule has 0 saturated carbocycles. The van der Waals surface area contributed by atoms with Crippen molar-refractivity contribution in [3.8, 4) is 0 Å². The van der Waals surface area contributed by atoms with Crippen molar-refractivity contribution in [3.05, 3.63) is 12.4 Å². The first-order chi connectivity index (χ1) is 10.8. The summed E-state index contributed by atoms with van der Waals surface area (Å²) in [6, 6.07) is -0.245. The number of anilines is 1. The highest BCUT2D eigenvalue weighted by Crippen LogP contribution is 2.16. The summed E-state index contributed by atoms with van der Waals surface area (Å²) in [6.45, 7) is 10.4. The summed E-state index contributed by atoms with van der Waals surface area (Å²) in [7, 11) is 0. The molecule has 1 aromatic heterocycles. The summed E-state index contributed by atoms with van der Waals surface area (Å²) in [5.41, 5.74) is 0.509. The summed E-state index contributed by atoms with van der Waals surface area (Å²) in [5, 5.41) is 7.10. The molecule has 7 nitrogen and oxygen atoms in total. The number of amides is 3. The third-order valence-electron chi connectivity index (χ3n) is 3.84. The zero-order valence-electron chi connectivity index (χ0n) is 14.5. The summed E-state index contributed by atoms with van der Waals surface area (Å²) in [4.78, 5) is 28.0. The van der Waals surface area contributed by atoms with Crippen LogP contribution in [0.3, 0.4) is 0 Å². The molecule has 23 heavy (non-hydrogen) atoms. The Bertz CT molecular complexity index is 561. The van der Waals surface area contributed by atoms with E-state index in [0.29, 0.717) is 12.2 Å². The van der Waals surface area contributed by atoms with Gasteiger partial charge in [-0.2, -0.15) is 5.10 Å². The van der Waals surface area contributed by atoms with Gasteiger partial charge in [0.05, 0.1) is 17.4 Å². The van der Waals surface area contributed by atoms with Gasteiger partial charge in [-0.15, -0.1) is 0 Å². The van der Waals surface area contributed by atoms with Crippen LogP contribution in [-0.2, 0) is 10.3 Å². The van der Waals surface area contributed by atoms with E-state index in [2.05, 4.69) is 17.3 Å². The van der Waals surface area contributed by atoms with E-state index in [1.807, 2.05) is 25.7 Å². The van der Waals surface area contributed by atoms with Crippen LogP contribution >= 0.6 is 0 Å². The molecule has 0 aliphatic carbocycles. The van der Waals surface area contributed by atoms with Crippen LogP contribution in [0.4, 0.5) is 10.5 Å². The summed E-state index contributed by atoms with van der Waals surface area (Å²) in [6.07, 6.45) is 5.18. The maximum absolute atomic E-state index is 12.4. The lowest BCUT2D eigenvalue weighted by molar-refractivity contribution is -0.130. The number of hydrogen-bond acceptors (Lipinski definition) is 3. The minimum Gasteiger partial charge on any atom is -0.341 e. The van der Waals surface area contributed by atoms with Crippen molar-refractivity contribution < 1.29 is 9.59 Å². The van der Waals surface area contributed by atoms with Crippen molar-refractivity contribution in [2.24, 2.45) is 0 Å². The summed E-state index contributed by atoms with van der Waals surface area (Å²) < 4.78 is 1.80. The van der Waals surface area contributed by atoms with Crippen molar-refractivity contribution in [2.75, 3.05) is 31.5 Å². The Morgan fingerprint density at radius 1 is 1.35 bits per heavy atom. The lowest BCUT2D eigenvalue weighted by Gasteiger charge is -2.21. The topological polar surface area (TPSA) is 70.5 Å². The number of hydrogen-bond donors (Lipinski definition) is 1. The highest BCUT2D eigenvalue weighted by atomic mass is 16.2. The van der Waals surface area contributed by atoms with Gasteiger partial charge in [0.15, 0.2) is 0 Å². The van der Waals surface area contributed by atoms with Crippen molar-refractivity contribution in [1.29, 1.82) is 0 Å². The number of aromatic nitrogens is 2. The fourth-order valence-corrected chi connectivity index (χ4v) is 2.56. The molecule has 1 saturated heterocycles. The predicted molar refractivity (Wildman–Crippen MR) is 89.3 cm³/mol. The molecule has 2 rings (SSSR count). The minimum atomic E-state index is -0.245. The van der Waals surface area contributed by atoms with Crippen LogP contribution in [-0.4, -0.2) is 57.7 Å². The second-order valence-corrected chi connectivity index (χ2v) is 6.93. The molecule has 0 aromatic carbocycles. The minimum absolute atomic E-state index is 0.0184. The zero-order chi connectivity index (χ0) is 17.0. The highest BCUT2D eigenvalue weighted by molar-refractivity contribution is 5.92. The largest absolute Gasteiger partial charge is 0.341 e. The number of carbonyl (C=O) groups is 2. The van der Waals surface area contributed by atoms with Crippen LogP contribution in [0.2, 0.25) is 0 Å². The molecular weight excluding hydrogens is 294 g/mol. The first-order valence-electron chi connectivity index (χ1n) is 8.20. The van der Waals surface area contributed by atoms with Gasteiger partial charge in [0.2, 0.25) is 5.91 Å². The van der Waals surface area contributed by atoms with Crippen molar-refractivity contribution in [1.82, 2.24) is 19.6 Å². The van der Waals surface area contributed by atoms with E-state index in [4.69, 9.17) is 0 Å². The van der Waals surface area contributed by atoms with Gasteiger partial charge >= 0.3 is 6.03 Å². The lowest BCUT2D eigenvalue weighted by Crippen LogP contribution is -2.41. The molecule has 0 bridgehead atoms. The standard InChI is InChI=1S/C16H27N5O2/c1-5-7-19-8-6-9-20(12-14(19)22)15(23)18-13-10-17-21(11-13)16(2,3)4/h10-11H,5-9,12H2,1-4H3,(H,18,23). The fourth-order valence-electron chi connectivity index (χ4n) is 2.56. The molecule has 128 valence electrons. The van der Waals surface area contributed by atoms with Crippen LogP contribution in [0.5, 0.6) is 0 Å². The molecule has 1 aliphatic rings. The number of nitrogens with one attached hydrogen (secondary N) is 1. The zero-order valence-corrected chi connectivity index (χ0v) is 14.5. The Labute approximate surface area is 137 Å². The van der Waals surface area contributed by atoms with Crippen LogP contribution < -0.4 is 5.32 Å². The Morgan fingerprint density at radius 3 is 2.70 bits per heavy atom. The molecule has 7 heteroatoms. The third kappa shape index (κ3) is 4.46. The Morgan fingerprint density at radius 2 is 2.09 bits per heavy atom. The summed E-state index contributed by atoms with van der Waals surface area (Å²) >= 11 is 0. The van der Waals surface area contributed by atoms with E-state index >= 15 is 0 Å². The normalized spacial score (nSPS) is 16.4. The molecule has 1 N–H and O–H groups in total. The van der Waals surface area contributed by atoms with E-state index in [-0.39, 0.29) is 24.0 Å². The molecule has 0 spiro atoms. The van der Waals surface area contributed by atoms with Crippen LogP contribution in [0, 0.1) is 0 Å². The Kier molecular flexibility index (Phi) is 5.28. The number of urea groups is 1. The van der Waals surface area contributed by atoms with Gasteiger partial charge in [0.25, 0.3) is 0 Å². The monoisotopic (exact) mass is 321 g/mol. The van der Waals surface area contributed by atoms with Crippen molar-refractivity contribution in [2.45, 2.75) is 46.1 Å². The van der Waals surface area contributed by atoms with Gasteiger partial charge < -0.3 is 15.1 Å². The second-order valence-electron chi connectivity index (χ2n) is 6.93. The van der Waals surface area contributed by atoms with Gasteiger partial charge in [0, 0.05) is 25.8 Å². The van der Waals surface area contributed by atoms with Gasteiger partial charge in [-0.25, -0.2) is 4.79 Å². The first-order valence-corrected chi connectivity index (χ1v) is 8.20. The number of rotatable bonds is 3. The van der Waals surface area contributed by atoms with Crippen LogP contribution in [0.1, 0.15) is 40.5 Å². The van der Waals surface area contributed by atoms with E-state index in [9.17, 15) is 9.59 Å². The van der Waals surface area contributed by atoms with E-state index in [0.717, 1.165) is 25.9 Å². The maximum atomic E-state index is 12.4. The van der Waals surface area contributed by atoms with E-state index < -0.39 is 0 Å². The Hall–Kier alpha value is -2.05. The van der Waals surface area contributed by atoms with Gasteiger partial charge in [0.1, 0.15) is 6.54 Å². The predicted octanol–water partition coefficient (Wildman–Crippen LogP) is 2.11. The molecule has 0 atom stereocenters. The molecule has 1 aromatic rings. The van der Waals surface area contributed by atoms with Crippen molar-refractivity contribution >= 4 is 17.6 Å². The average molecular weight is 321 g/mol. The fraction of sp³-hybridized carbons (Fsp3) is 0.688. The SMILES string of the molecule is CCCN1CCCN(C(=O)Nc2cnn(C(C)(C)C)c2)CC1=O. The number of carbonyl (C=O) groups excluding carboxylic acids is 2. The highest BCUT2D eigenvalue weighted by Gasteiger charge is 2.25. The van der Waals surface area contributed by atoms with E-state index in [1.54, 1.807) is 22.0 Å². The van der Waals surface area contributed by atoms with Crippen LogP contribution in [0.15, 0.2) is 12.4 Å². The quantitative estimate of drug-likeness (QED) is 0.927. The number of nitrogens with zero attached hydrogens (tertiary/aromatic N) is 4. The summed E-state index contributed by atoms with van der Waals surface area (Å²) in [5.74, 6) is 0.0184. The lowest BCUT2D eigenvalue weighted by atomic mass is 10.1. The third-order valence-corrected chi connectivity index (χ3v) is 3.84. The molecule has 1 fully saturated rings. The molecule has 1 aliphatic heterocycles. The smallest absolute Gasteiger partial charge is 0.322 e. The molecule has 2 heterocycles. The van der Waals surface area contributed by atoms with Gasteiger partial charge in [-0.3, -0.25) is 9.48 Å². The molecular formula is C16H27N5O2. The van der Waals surface area contributed by atoms with Gasteiger partial charge in [-0.1, -0.05) is 6.92 Å². The van der Waals surface area contributed by atoms with Gasteiger partial charge in [-0.05, 0) is 33.6 Å².